The largest absolute Gasteiger partial charge is 0.310 e. The fourth-order valence-electron chi connectivity index (χ4n) is 2.25. The SMILES string of the molecule is CCNC(c1ccccc1F)C1CCC1. The van der Waals surface area contributed by atoms with Crippen LogP contribution in [0.25, 0.3) is 0 Å². The molecule has 2 heteroatoms. The summed E-state index contributed by atoms with van der Waals surface area (Å²) in [6.45, 7) is 2.97. The highest BCUT2D eigenvalue weighted by atomic mass is 19.1. The molecule has 1 aliphatic carbocycles. The Balaban J connectivity index is 2.19. The van der Waals surface area contributed by atoms with Crippen molar-refractivity contribution in [3.05, 3.63) is 35.6 Å². The van der Waals surface area contributed by atoms with Crippen LogP contribution in [0, 0.1) is 11.7 Å². The minimum absolute atomic E-state index is 0.0738. The van der Waals surface area contributed by atoms with Gasteiger partial charge in [0.25, 0.3) is 0 Å². The van der Waals surface area contributed by atoms with Gasteiger partial charge in [-0.05, 0) is 31.4 Å². The third-order valence-electron chi connectivity index (χ3n) is 3.29. The third-order valence-corrected chi connectivity index (χ3v) is 3.29. The number of hydrogen-bond acceptors (Lipinski definition) is 1. The molecule has 1 fully saturated rings. The molecule has 1 aromatic rings. The number of rotatable bonds is 4. The third kappa shape index (κ3) is 2.20. The molecule has 0 heterocycles. The minimum Gasteiger partial charge on any atom is -0.310 e. The summed E-state index contributed by atoms with van der Waals surface area (Å²) in [6, 6.07) is 7.34. The van der Waals surface area contributed by atoms with E-state index in [4.69, 9.17) is 0 Å². The molecule has 1 aliphatic rings. The highest BCUT2D eigenvalue weighted by molar-refractivity contribution is 5.22. The van der Waals surface area contributed by atoms with Crippen LogP contribution >= 0.6 is 0 Å². The van der Waals surface area contributed by atoms with E-state index in [1.807, 2.05) is 12.1 Å². The van der Waals surface area contributed by atoms with Gasteiger partial charge in [-0.15, -0.1) is 0 Å². The second-order valence-corrected chi connectivity index (χ2v) is 4.25. The van der Waals surface area contributed by atoms with Crippen LogP contribution in [-0.4, -0.2) is 6.54 Å². The van der Waals surface area contributed by atoms with E-state index in [9.17, 15) is 4.39 Å². The molecule has 1 N–H and O–H groups in total. The zero-order chi connectivity index (χ0) is 10.7. The summed E-state index contributed by atoms with van der Waals surface area (Å²) in [7, 11) is 0. The Hall–Kier alpha value is -0.890. The number of benzene rings is 1. The van der Waals surface area contributed by atoms with E-state index in [-0.39, 0.29) is 11.9 Å². The molecule has 0 spiro atoms. The standard InChI is InChI=1S/C13H18FN/c1-2-15-13(10-6-5-7-10)11-8-3-4-9-12(11)14/h3-4,8-10,13,15H,2,5-7H2,1H3. The molecular formula is C13H18FN. The van der Waals surface area contributed by atoms with Gasteiger partial charge in [0.15, 0.2) is 0 Å². The van der Waals surface area contributed by atoms with Crippen molar-refractivity contribution in [2.45, 2.75) is 32.2 Å². The highest BCUT2D eigenvalue weighted by Gasteiger charge is 2.29. The van der Waals surface area contributed by atoms with E-state index >= 15 is 0 Å². The molecule has 2 rings (SSSR count). The normalized spacial score (nSPS) is 18.5. The van der Waals surface area contributed by atoms with Gasteiger partial charge >= 0.3 is 0 Å². The Labute approximate surface area is 90.7 Å². The van der Waals surface area contributed by atoms with Crippen molar-refractivity contribution in [2.75, 3.05) is 6.54 Å². The van der Waals surface area contributed by atoms with E-state index in [0.29, 0.717) is 5.92 Å². The lowest BCUT2D eigenvalue weighted by Gasteiger charge is -2.34. The molecule has 0 bridgehead atoms. The van der Waals surface area contributed by atoms with Crippen molar-refractivity contribution in [3.63, 3.8) is 0 Å². The van der Waals surface area contributed by atoms with Gasteiger partial charge in [0.2, 0.25) is 0 Å². The molecule has 0 aliphatic heterocycles. The molecule has 0 radical (unpaired) electrons. The van der Waals surface area contributed by atoms with Crippen LogP contribution in [0.3, 0.4) is 0 Å². The van der Waals surface area contributed by atoms with Crippen molar-refractivity contribution in [1.82, 2.24) is 5.32 Å². The molecule has 1 aromatic carbocycles. The van der Waals surface area contributed by atoms with E-state index in [1.54, 1.807) is 12.1 Å². The van der Waals surface area contributed by atoms with Crippen molar-refractivity contribution in [3.8, 4) is 0 Å². The monoisotopic (exact) mass is 207 g/mol. The number of nitrogens with one attached hydrogen (secondary N) is 1. The maximum Gasteiger partial charge on any atom is 0.127 e. The van der Waals surface area contributed by atoms with Crippen molar-refractivity contribution in [1.29, 1.82) is 0 Å². The smallest absolute Gasteiger partial charge is 0.127 e. The lowest BCUT2D eigenvalue weighted by Crippen LogP contribution is -2.32. The summed E-state index contributed by atoms with van der Waals surface area (Å²) in [5.41, 5.74) is 0.837. The molecule has 0 aromatic heterocycles. The average Bonchev–Trinajstić information content (AvgIpc) is 2.15. The van der Waals surface area contributed by atoms with E-state index in [0.717, 1.165) is 12.1 Å². The zero-order valence-corrected chi connectivity index (χ0v) is 9.17. The van der Waals surface area contributed by atoms with Gasteiger partial charge in [0.1, 0.15) is 5.82 Å². The molecule has 1 atom stereocenters. The van der Waals surface area contributed by atoms with Crippen LogP contribution in [-0.2, 0) is 0 Å². The van der Waals surface area contributed by atoms with Gasteiger partial charge in [-0.3, -0.25) is 0 Å². The van der Waals surface area contributed by atoms with Crippen LogP contribution in [0.5, 0.6) is 0 Å². The Morgan fingerprint density at radius 1 is 1.40 bits per heavy atom. The van der Waals surface area contributed by atoms with Crippen molar-refractivity contribution >= 4 is 0 Å². The number of halogens is 1. The first-order valence-electron chi connectivity index (χ1n) is 5.80. The first-order valence-corrected chi connectivity index (χ1v) is 5.80. The summed E-state index contributed by atoms with van der Waals surface area (Å²) < 4.78 is 13.6. The van der Waals surface area contributed by atoms with E-state index < -0.39 is 0 Å². The summed E-state index contributed by atoms with van der Waals surface area (Å²) in [5, 5.41) is 3.40. The second-order valence-electron chi connectivity index (χ2n) is 4.25. The molecule has 1 nitrogen and oxygen atoms in total. The Kier molecular flexibility index (Phi) is 3.37. The molecule has 15 heavy (non-hydrogen) atoms. The fraction of sp³-hybridized carbons (Fsp3) is 0.538. The van der Waals surface area contributed by atoms with Crippen LogP contribution in [0.1, 0.15) is 37.8 Å². The zero-order valence-electron chi connectivity index (χ0n) is 9.17. The predicted molar refractivity (Wildman–Crippen MR) is 60.2 cm³/mol. The van der Waals surface area contributed by atoms with Crippen LogP contribution in [0.2, 0.25) is 0 Å². The highest BCUT2D eigenvalue weighted by Crippen LogP contribution is 2.38. The lowest BCUT2D eigenvalue weighted by atomic mass is 9.77. The Bertz CT molecular complexity index is 320. The molecule has 0 saturated heterocycles. The molecule has 1 saturated carbocycles. The van der Waals surface area contributed by atoms with Crippen molar-refractivity contribution < 1.29 is 4.39 Å². The van der Waals surface area contributed by atoms with E-state index in [2.05, 4.69) is 12.2 Å². The molecule has 1 unspecified atom stereocenters. The molecule has 82 valence electrons. The minimum atomic E-state index is -0.0738. The van der Waals surface area contributed by atoms with Crippen LogP contribution in [0.4, 0.5) is 4.39 Å². The summed E-state index contributed by atoms with van der Waals surface area (Å²) in [4.78, 5) is 0. The van der Waals surface area contributed by atoms with E-state index in [1.165, 1.54) is 19.3 Å². The maximum absolute atomic E-state index is 13.6. The summed E-state index contributed by atoms with van der Waals surface area (Å²) in [6.07, 6.45) is 3.75. The topological polar surface area (TPSA) is 12.0 Å². The first-order chi connectivity index (χ1) is 7.33. The van der Waals surface area contributed by atoms with Crippen molar-refractivity contribution in [2.24, 2.45) is 5.92 Å². The van der Waals surface area contributed by atoms with Gasteiger partial charge < -0.3 is 5.32 Å². The van der Waals surface area contributed by atoms with Gasteiger partial charge in [0.05, 0.1) is 0 Å². The lowest BCUT2D eigenvalue weighted by molar-refractivity contribution is 0.229. The van der Waals surface area contributed by atoms with Gasteiger partial charge in [0, 0.05) is 11.6 Å². The Morgan fingerprint density at radius 2 is 2.13 bits per heavy atom. The fourth-order valence-corrected chi connectivity index (χ4v) is 2.25. The van der Waals surface area contributed by atoms with Gasteiger partial charge in [-0.2, -0.15) is 0 Å². The van der Waals surface area contributed by atoms with Gasteiger partial charge in [-0.25, -0.2) is 4.39 Å². The molecule has 0 amide bonds. The summed E-state index contributed by atoms with van der Waals surface area (Å²) in [5.74, 6) is 0.553. The Morgan fingerprint density at radius 3 is 2.67 bits per heavy atom. The molecular weight excluding hydrogens is 189 g/mol. The van der Waals surface area contributed by atoms with Gasteiger partial charge in [-0.1, -0.05) is 31.5 Å². The van der Waals surface area contributed by atoms with Crippen LogP contribution in [0.15, 0.2) is 24.3 Å². The number of hydrogen-bond donors (Lipinski definition) is 1. The maximum atomic E-state index is 13.6. The first kappa shape index (κ1) is 10.6. The summed E-state index contributed by atoms with van der Waals surface area (Å²) >= 11 is 0. The quantitative estimate of drug-likeness (QED) is 0.799. The predicted octanol–water partition coefficient (Wildman–Crippen LogP) is 3.28. The average molecular weight is 207 g/mol. The van der Waals surface area contributed by atoms with Crippen LogP contribution < -0.4 is 5.32 Å². The second kappa shape index (κ2) is 4.75.